The summed E-state index contributed by atoms with van der Waals surface area (Å²) in [6.45, 7) is 2.51. The van der Waals surface area contributed by atoms with Crippen LogP contribution in [0.1, 0.15) is 21.8 Å². The quantitative estimate of drug-likeness (QED) is 0.735. The van der Waals surface area contributed by atoms with Crippen molar-refractivity contribution in [2.24, 2.45) is 0 Å². The van der Waals surface area contributed by atoms with Crippen LogP contribution >= 0.6 is 0 Å². The van der Waals surface area contributed by atoms with E-state index in [9.17, 15) is 4.79 Å². The van der Waals surface area contributed by atoms with E-state index in [0.717, 1.165) is 13.0 Å². The summed E-state index contributed by atoms with van der Waals surface area (Å²) in [5.74, 6) is 1.29. The Morgan fingerprint density at radius 2 is 2.04 bits per heavy atom. The Balaban J connectivity index is 1.64. The number of hydrogen-bond donors (Lipinski definition) is 1. The maximum atomic E-state index is 12.3. The number of aromatic nitrogens is 4. The van der Waals surface area contributed by atoms with Crippen molar-refractivity contribution in [3.63, 3.8) is 0 Å². The average molecular weight is 338 g/mol. The minimum atomic E-state index is -0.362. The Labute approximate surface area is 144 Å². The molecule has 0 fully saturated rings. The SMILES string of the molecule is Cc1cc(NC(=O)c2cc(N(C)CCc3ccncc3)ncn2)no1. The van der Waals surface area contributed by atoms with Gasteiger partial charge in [-0.2, -0.15) is 0 Å². The molecule has 25 heavy (non-hydrogen) atoms. The number of carbonyl (C=O) groups is 1. The predicted octanol–water partition coefficient (Wildman–Crippen LogP) is 2.10. The molecule has 0 bridgehead atoms. The van der Waals surface area contributed by atoms with Gasteiger partial charge in [-0.25, -0.2) is 9.97 Å². The normalized spacial score (nSPS) is 10.5. The average Bonchev–Trinajstić information content (AvgIpc) is 3.05. The summed E-state index contributed by atoms with van der Waals surface area (Å²) in [5.41, 5.74) is 1.46. The first-order valence-electron chi connectivity index (χ1n) is 7.78. The van der Waals surface area contributed by atoms with E-state index in [1.54, 1.807) is 31.5 Å². The van der Waals surface area contributed by atoms with E-state index < -0.39 is 0 Å². The predicted molar refractivity (Wildman–Crippen MR) is 92.4 cm³/mol. The van der Waals surface area contributed by atoms with Gasteiger partial charge in [-0.1, -0.05) is 5.16 Å². The van der Waals surface area contributed by atoms with Crippen molar-refractivity contribution in [2.45, 2.75) is 13.3 Å². The lowest BCUT2D eigenvalue weighted by molar-refractivity contribution is 0.102. The van der Waals surface area contributed by atoms with Crippen molar-refractivity contribution in [2.75, 3.05) is 23.8 Å². The Bertz CT molecular complexity index is 849. The van der Waals surface area contributed by atoms with Crippen molar-refractivity contribution in [1.82, 2.24) is 20.1 Å². The van der Waals surface area contributed by atoms with Crippen LogP contribution in [-0.4, -0.2) is 39.6 Å². The van der Waals surface area contributed by atoms with Crippen LogP contribution in [-0.2, 0) is 6.42 Å². The molecule has 128 valence electrons. The molecular weight excluding hydrogens is 320 g/mol. The van der Waals surface area contributed by atoms with Gasteiger partial charge in [-0.05, 0) is 31.0 Å². The van der Waals surface area contributed by atoms with Gasteiger partial charge in [0.05, 0.1) is 0 Å². The first kappa shape index (κ1) is 16.6. The van der Waals surface area contributed by atoms with Gasteiger partial charge < -0.3 is 14.7 Å². The maximum absolute atomic E-state index is 12.3. The number of likely N-dealkylation sites (N-methyl/N-ethyl adjacent to an activating group) is 1. The highest BCUT2D eigenvalue weighted by atomic mass is 16.5. The number of anilines is 2. The van der Waals surface area contributed by atoms with Gasteiger partial charge in [-0.15, -0.1) is 0 Å². The van der Waals surface area contributed by atoms with Crippen molar-refractivity contribution in [3.05, 3.63) is 60.0 Å². The van der Waals surface area contributed by atoms with Gasteiger partial charge >= 0.3 is 0 Å². The zero-order valence-corrected chi connectivity index (χ0v) is 14.0. The second-order valence-electron chi connectivity index (χ2n) is 5.57. The van der Waals surface area contributed by atoms with Gasteiger partial charge in [0.25, 0.3) is 5.91 Å². The summed E-state index contributed by atoms with van der Waals surface area (Å²) in [6.07, 6.45) is 5.77. The van der Waals surface area contributed by atoms with Crippen molar-refractivity contribution < 1.29 is 9.32 Å². The molecule has 0 aromatic carbocycles. The van der Waals surface area contributed by atoms with E-state index in [2.05, 4.69) is 25.4 Å². The van der Waals surface area contributed by atoms with E-state index in [1.807, 2.05) is 24.1 Å². The summed E-state index contributed by atoms with van der Waals surface area (Å²) in [7, 11) is 1.92. The highest BCUT2D eigenvalue weighted by molar-refractivity contribution is 6.02. The van der Waals surface area contributed by atoms with Crippen molar-refractivity contribution >= 4 is 17.5 Å². The van der Waals surface area contributed by atoms with Gasteiger partial charge in [0.15, 0.2) is 5.82 Å². The molecule has 0 saturated carbocycles. The van der Waals surface area contributed by atoms with Crippen LogP contribution in [0, 0.1) is 6.92 Å². The molecule has 0 atom stereocenters. The minimum absolute atomic E-state index is 0.265. The molecular formula is C17H18N6O2. The second kappa shape index (κ2) is 7.52. The van der Waals surface area contributed by atoms with Crippen LogP contribution in [0.5, 0.6) is 0 Å². The summed E-state index contributed by atoms with van der Waals surface area (Å²) in [6, 6.07) is 7.24. The van der Waals surface area contributed by atoms with Crippen LogP contribution in [0.25, 0.3) is 0 Å². The molecule has 1 amide bonds. The molecule has 0 aliphatic carbocycles. The molecule has 8 heteroatoms. The number of nitrogens with one attached hydrogen (secondary N) is 1. The van der Waals surface area contributed by atoms with E-state index in [-0.39, 0.29) is 11.6 Å². The molecule has 3 heterocycles. The molecule has 3 aromatic heterocycles. The van der Waals surface area contributed by atoms with Gasteiger partial charge in [-0.3, -0.25) is 9.78 Å². The molecule has 0 aliphatic heterocycles. The second-order valence-corrected chi connectivity index (χ2v) is 5.57. The highest BCUT2D eigenvalue weighted by Crippen LogP contribution is 2.13. The molecule has 0 saturated heterocycles. The number of hydrogen-bond acceptors (Lipinski definition) is 7. The van der Waals surface area contributed by atoms with Crippen LogP contribution in [0.15, 0.2) is 47.5 Å². The molecule has 8 nitrogen and oxygen atoms in total. The Morgan fingerprint density at radius 1 is 1.24 bits per heavy atom. The zero-order chi connectivity index (χ0) is 17.6. The molecule has 0 spiro atoms. The lowest BCUT2D eigenvalue weighted by Crippen LogP contribution is -2.23. The summed E-state index contributed by atoms with van der Waals surface area (Å²) < 4.78 is 4.93. The number of rotatable bonds is 6. The number of nitrogens with zero attached hydrogens (tertiary/aromatic N) is 5. The number of aryl methyl sites for hydroxylation is 1. The molecule has 1 N–H and O–H groups in total. The van der Waals surface area contributed by atoms with Crippen LogP contribution in [0.2, 0.25) is 0 Å². The highest BCUT2D eigenvalue weighted by Gasteiger charge is 2.13. The standard InChI is InChI=1S/C17H18N6O2/c1-12-9-15(22-25-12)21-17(24)14-10-16(20-11-19-14)23(2)8-5-13-3-6-18-7-4-13/h3-4,6-7,9-11H,5,8H2,1-2H3,(H,21,22,24). The Morgan fingerprint density at radius 3 is 2.76 bits per heavy atom. The van der Waals surface area contributed by atoms with Gasteiger partial charge in [0.2, 0.25) is 0 Å². The Hall–Kier alpha value is -3.29. The van der Waals surface area contributed by atoms with Crippen molar-refractivity contribution in [1.29, 1.82) is 0 Å². The third-order valence-electron chi connectivity index (χ3n) is 3.63. The smallest absolute Gasteiger partial charge is 0.275 e. The van der Waals surface area contributed by atoms with Gasteiger partial charge in [0, 0.05) is 38.1 Å². The fourth-order valence-corrected chi connectivity index (χ4v) is 2.25. The first-order chi connectivity index (χ1) is 12.1. The van der Waals surface area contributed by atoms with Gasteiger partial charge in [0.1, 0.15) is 23.6 Å². The molecule has 3 rings (SSSR count). The monoisotopic (exact) mass is 338 g/mol. The third kappa shape index (κ3) is 4.37. The summed E-state index contributed by atoms with van der Waals surface area (Å²) in [4.78, 5) is 26.5. The molecule has 0 aliphatic rings. The van der Waals surface area contributed by atoms with E-state index in [1.165, 1.54) is 11.9 Å². The van der Waals surface area contributed by atoms with E-state index in [4.69, 9.17) is 4.52 Å². The Kier molecular flexibility index (Phi) is 4.98. The lowest BCUT2D eigenvalue weighted by Gasteiger charge is -2.18. The lowest BCUT2D eigenvalue weighted by atomic mass is 10.2. The number of pyridine rings is 1. The molecule has 0 unspecified atom stereocenters. The first-order valence-corrected chi connectivity index (χ1v) is 7.78. The van der Waals surface area contributed by atoms with Crippen molar-refractivity contribution in [3.8, 4) is 0 Å². The number of amides is 1. The fraction of sp³-hybridized carbons (Fsp3) is 0.235. The number of carbonyl (C=O) groups excluding carboxylic acids is 1. The third-order valence-corrected chi connectivity index (χ3v) is 3.63. The topological polar surface area (TPSA) is 97.0 Å². The maximum Gasteiger partial charge on any atom is 0.275 e. The molecule has 0 radical (unpaired) electrons. The summed E-state index contributed by atoms with van der Waals surface area (Å²) in [5, 5.41) is 6.38. The molecule has 3 aromatic rings. The zero-order valence-electron chi connectivity index (χ0n) is 14.0. The van der Waals surface area contributed by atoms with E-state index in [0.29, 0.717) is 17.4 Å². The van der Waals surface area contributed by atoms with Crippen LogP contribution in [0.4, 0.5) is 11.6 Å². The summed E-state index contributed by atoms with van der Waals surface area (Å²) >= 11 is 0. The van der Waals surface area contributed by atoms with E-state index >= 15 is 0 Å². The minimum Gasteiger partial charge on any atom is -0.360 e. The van der Waals surface area contributed by atoms with Crippen LogP contribution in [0.3, 0.4) is 0 Å². The fourth-order valence-electron chi connectivity index (χ4n) is 2.25. The van der Waals surface area contributed by atoms with Crippen LogP contribution < -0.4 is 10.2 Å². The largest absolute Gasteiger partial charge is 0.360 e.